The largest absolute Gasteiger partial charge is 0.437 e. The molecule has 88 valence electrons. The highest BCUT2D eigenvalue weighted by Crippen LogP contribution is 2.20. The van der Waals surface area contributed by atoms with Crippen LogP contribution in [0.4, 0.5) is 0 Å². The molecule has 0 bridgehead atoms. The molecule has 1 atom stereocenters. The Balaban J connectivity index is 0.00000128. The van der Waals surface area contributed by atoms with Gasteiger partial charge < -0.3 is 10.2 Å². The Labute approximate surface area is 102 Å². The summed E-state index contributed by atoms with van der Waals surface area (Å²) in [7, 11) is 0. The van der Waals surface area contributed by atoms with Gasteiger partial charge in [-0.05, 0) is 18.4 Å². The molecule has 0 saturated carbocycles. The second-order valence-electron chi connectivity index (χ2n) is 3.31. The maximum absolute atomic E-state index is 11.4. The molecular formula is C9H12ClN3O2S. The summed E-state index contributed by atoms with van der Waals surface area (Å²) in [5.41, 5.74) is 5.58. The van der Waals surface area contributed by atoms with Gasteiger partial charge in [-0.25, -0.2) is 4.79 Å². The van der Waals surface area contributed by atoms with E-state index in [9.17, 15) is 4.79 Å². The Morgan fingerprint density at radius 1 is 1.69 bits per heavy atom. The van der Waals surface area contributed by atoms with Crippen LogP contribution in [0.25, 0.3) is 10.8 Å². The van der Waals surface area contributed by atoms with E-state index < -0.39 is 5.76 Å². The fourth-order valence-corrected chi connectivity index (χ4v) is 1.84. The van der Waals surface area contributed by atoms with Crippen molar-refractivity contribution in [2.45, 2.75) is 19.5 Å². The van der Waals surface area contributed by atoms with Crippen LogP contribution in [-0.4, -0.2) is 15.8 Å². The molecular weight excluding hydrogens is 250 g/mol. The van der Waals surface area contributed by atoms with E-state index in [4.69, 9.17) is 10.2 Å². The third-order valence-electron chi connectivity index (χ3n) is 1.80. The first-order chi connectivity index (χ1) is 7.16. The zero-order valence-electron chi connectivity index (χ0n) is 8.62. The summed E-state index contributed by atoms with van der Waals surface area (Å²) in [5, 5.41) is 5.96. The monoisotopic (exact) mass is 261 g/mol. The fourth-order valence-electron chi connectivity index (χ4n) is 1.19. The smallest absolute Gasteiger partial charge is 0.387 e. The molecule has 0 aliphatic carbocycles. The summed E-state index contributed by atoms with van der Waals surface area (Å²) in [6, 6.07) is 3.61. The van der Waals surface area contributed by atoms with Gasteiger partial charge in [-0.3, -0.25) is 0 Å². The molecule has 0 aliphatic rings. The van der Waals surface area contributed by atoms with Gasteiger partial charge in [-0.2, -0.15) is 4.68 Å². The Kier molecular flexibility index (Phi) is 4.28. The molecule has 0 fully saturated rings. The molecule has 0 unspecified atom stereocenters. The zero-order chi connectivity index (χ0) is 10.8. The van der Waals surface area contributed by atoms with Gasteiger partial charge in [0.25, 0.3) is 5.89 Å². The van der Waals surface area contributed by atoms with Crippen LogP contribution in [0.15, 0.2) is 26.7 Å². The van der Waals surface area contributed by atoms with E-state index in [1.807, 2.05) is 24.4 Å². The number of hydrogen-bond acceptors (Lipinski definition) is 5. The van der Waals surface area contributed by atoms with Gasteiger partial charge in [0.05, 0.1) is 11.4 Å². The number of halogens is 1. The molecule has 0 saturated heterocycles. The summed E-state index contributed by atoms with van der Waals surface area (Å²) >= 11 is 1.48. The van der Waals surface area contributed by atoms with E-state index in [0.717, 1.165) is 4.88 Å². The lowest BCUT2D eigenvalue weighted by molar-refractivity contribution is 0.460. The van der Waals surface area contributed by atoms with Crippen molar-refractivity contribution in [3.63, 3.8) is 0 Å². The lowest BCUT2D eigenvalue weighted by atomic mass is 10.4. The normalized spacial score (nSPS) is 12.1. The highest BCUT2D eigenvalue weighted by molar-refractivity contribution is 7.13. The van der Waals surface area contributed by atoms with Crippen molar-refractivity contribution in [3.05, 3.63) is 28.1 Å². The predicted octanol–water partition coefficient (Wildman–Crippen LogP) is 1.33. The summed E-state index contributed by atoms with van der Waals surface area (Å²) in [6.45, 7) is 2.18. The lowest BCUT2D eigenvalue weighted by Gasteiger charge is -2.00. The summed E-state index contributed by atoms with van der Waals surface area (Å²) in [4.78, 5) is 12.2. The van der Waals surface area contributed by atoms with E-state index in [-0.39, 0.29) is 18.4 Å². The Morgan fingerprint density at radius 2 is 2.44 bits per heavy atom. The van der Waals surface area contributed by atoms with Gasteiger partial charge in [-0.1, -0.05) is 6.07 Å². The molecule has 16 heavy (non-hydrogen) atoms. The molecule has 5 nitrogen and oxygen atoms in total. The van der Waals surface area contributed by atoms with Gasteiger partial charge in [-0.15, -0.1) is 28.8 Å². The second kappa shape index (κ2) is 5.29. The molecule has 7 heteroatoms. The average Bonchev–Trinajstić information content (AvgIpc) is 2.75. The molecule has 2 heterocycles. The maximum atomic E-state index is 11.4. The molecule has 0 radical (unpaired) electrons. The van der Waals surface area contributed by atoms with Crippen LogP contribution in [0.3, 0.4) is 0 Å². The van der Waals surface area contributed by atoms with Crippen LogP contribution < -0.4 is 11.5 Å². The molecule has 0 aliphatic heterocycles. The number of nitrogens with two attached hydrogens (primary N) is 1. The van der Waals surface area contributed by atoms with Crippen molar-refractivity contribution < 1.29 is 4.42 Å². The van der Waals surface area contributed by atoms with Gasteiger partial charge in [0.1, 0.15) is 0 Å². The third kappa shape index (κ3) is 2.72. The van der Waals surface area contributed by atoms with Crippen molar-refractivity contribution in [2.24, 2.45) is 5.73 Å². The molecule has 2 rings (SSSR count). The SMILES string of the molecule is C[C@H](N)Cn1nc(-c2cccs2)oc1=O.Cl. The van der Waals surface area contributed by atoms with Gasteiger partial charge in [0, 0.05) is 6.04 Å². The van der Waals surface area contributed by atoms with Crippen molar-refractivity contribution in [1.29, 1.82) is 0 Å². The number of thiophene rings is 1. The van der Waals surface area contributed by atoms with Crippen LogP contribution in [0, 0.1) is 0 Å². The van der Waals surface area contributed by atoms with Gasteiger partial charge >= 0.3 is 5.76 Å². The minimum absolute atomic E-state index is 0. The van der Waals surface area contributed by atoms with Crippen molar-refractivity contribution in [2.75, 3.05) is 0 Å². The predicted molar refractivity (Wildman–Crippen MR) is 65.0 cm³/mol. The van der Waals surface area contributed by atoms with E-state index in [2.05, 4.69) is 5.10 Å². The maximum Gasteiger partial charge on any atom is 0.437 e. The van der Waals surface area contributed by atoms with Crippen LogP contribution in [0.5, 0.6) is 0 Å². The first-order valence-corrected chi connectivity index (χ1v) is 5.42. The van der Waals surface area contributed by atoms with Crippen LogP contribution >= 0.6 is 23.7 Å². The topological polar surface area (TPSA) is 74.1 Å². The molecule has 2 aromatic heterocycles. The second-order valence-corrected chi connectivity index (χ2v) is 4.26. The van der Waals surface area contributed by atoms with E-state index >= 15 is 0 Å². The van der Waals surface area contributed by atoms with Crippen LogP contribution in [0.2, 0.25) is 0 Å². The van der Waals surface area contributed by atoms with Crippen molar-refractivity contribution >= 4 is 23.7 Å². The average molecular weight is 262 g/mol. The third-order valence-corrected chi connectivity index (χ3v) is 2.66. The molecule has 2 aromatic rings. The van der Waals surface area contributed by atoms with Gasteiger partial charge in [0.2, 0.25) is 0 Å². The van der Waals surface area contributed by atoms with Gasteiger partial charge in [0.15, 0.2) is 0 Å². The molecule has 0 spiro atoms. The summed E-state index contributed by atoms with van der Waals surface area (Å²) < 4.78 is 6.26. The molecule has 0 aromatic carbocycles. The first kappa shape index (κ1) is 13.0. The number of aromatic nitrogens is 2. The Hall–Kier alpha value is -1.11. The van der Waals surface area contributed by atoms with E-state index in [1.165, 1.54) is 16.0 Å². The minimum atomic E-state index is -0.462. The standard InChI is InChI=1S/C9H11N3O2S.ClH/c1-6(10)5-12-9(13)14-8(11-12)7-3-2-4-15-7;/h2-4,6H,5,10H2,1H3;1H/t6-;/m0./s1. The summed E-state index contributed by atoms with van der Waals surface area (Å²) in [5.74, 6) is -0.105. The highest BCUT2D eigenvalue weighted by Gasteiger charge is 2.11. The van der Waals surface area contributed by atoms with Crippen molar-refractivity contribution in [3.8, 4) is 10.8 Å². The zero-order valence-corrected chi connectivity index (χ0v) is 10.3. The Bertz CT molecular complexity index is 489. The number of hydrogen-bond donors (Lipinski definition) is 1. The lowest BCUT2D eigenvalue weighted by Crippen LogP contribution is -2.28. The fraction of sp³-hybridized carbons (Fsp3) is 0.333. The van der Waals surface area contributed by atoms with E-state index in [0.29, 0.717) is 12.4 Å². The van der Waals surface area contributed by atoms with Crippen LogP contribution in [0.1, 0.15) is 6.92 Å². The van der Waals surface area contributed by atoms with E-state index in [1.54, 1.807) is 0 Å². The van der Waals surface area contributed by atoms with Crippen molar-refractivity contribution in [1.82, 2.24) is 9.78 Å². The molecule has 0 amide bonds. The minimum Gasteiger partial charge on any atom is -0.387 e. The Morgan fingerprint density at radius 3 is 3.00 bits per heavy atom. The molecule has 2 N–H and O–H groups in total. The highest BCUT2D eigenvalue weighted by atomic mass is 35.5. The first-order valence-electron chi connectivity index (χ1n) is 4.54. The number of nitrogens with zero attached hydrogens (tertiary/aromatic N) is 2. The van der Waals surface area contributed by atoms with Crippen LogP contribution in [-0.2, 0) is 6.54 Å². The summed E-state index contributed by atoms with van der Waals surface area (Å²) in [6.07, 6.45) is 0. The number of rotatable bonds is 3. The quantitative estimate of drug-likeness (QED) is 0.905.